The predicted molar refractivity (Wildman–Crippen MR) is 134 cm³/mol. The number of fused-ring (bicyclic) bond motifs is 3. The monoisotopic (exact) mass is 548 g/mol. The number of alkyl halides is 2. The molecular weight excluding hydrogens is 525 g/mol. The van der Waals surface area contributed by atoms with Gasteiger partial charge in [-0.25, -0.2) is 0 Å². The van der Waals surface area contributed by atoms with Gasteiger partial charge in [0, 0.05) is 30.1 Å². The Morgan fingerprint density at radius 1 is 1.11 bits per heavy atom. The van der Waals surface area contributed by atoms with Crippen molar-refractivity contribution < 1.29 is 23.1 Å². The molecule has 0 radical (unpaired) electrons. The van der Waals surface area contributed by atoms with E-state index in [1.807, 2.05) is 13.8 Å². The van der Waals surface area contributed by atoms with Crippen molar-refractivity contribution in [2.75, 3.05) is 6.54 Å². The highest BCUT2D eigenvalue weighted by molar-refractivity contribution is 6.42. The van der Waals surface area contributed by atoms with Crippen molar-refractivity contribution in [3.05, 3.63) is 80.6 Å². The van der Waals surface area contributed by atoms with E-state index >= 15 is 0 Å². The van der Waals surface area contributed by atoms with E-state index in [4.69, 9.17) is 28.3 Å². The minimum Gasteiger partial charge on any atom is -0.435 e. The lowest BCUT2D eigenvalue weighted by Gasteiger charge is -2.35. The maximum absolute atomic E-state index is 13.7. The molecule has 7 nitrogen and oxygen atoms in total. The highest BCUT2D eigenvalue weighted by atomic mass is 35.5. The Hall–Kier alpha value is -3.17. The first kappa shape index (κ1) is 25.5. The zero-order chi connectivity index (χ0) is 26.4. The second-order valence-corrected chi connectivity index (χ2v) is 10.0. The van der Waals surface area contributed by atoms with Gasteiger partial charge in [0.2, 0.25) is 0 Å². The number of amides is 2. The normalized spacial score (nSPS) is 18.0. The molecular formula is C26H24Cl2F2N4O3. The van der Waals surface area contributed by atoms with E-state index < -0.39 is 6.61 Å². The van der Waals surface area contributed by atoms with Crippen molar-refractivity contribution in [2.24, 2.45) is 0 Å². The molecule has 2 aromatic carbocycles. The maximum atomic E-state index is 13.7. The number of carbonyl (C=O) groups excluding carboxylic acids is 2. The summed E-state index contributed by atoms with van der Waals surface area (Å²) in [5, 5.41) is 5.36. The lowest BCUT2D eigenvalue weighted by atomic mass is 9.97. The van der Waals surface area contributed by atoms with Crippen LogP contribution in [-0.4, -0.2) is 50.6 Å². The van der Waals surface area contributed by atoms with Crippen LogP contribution in [0.1, 0.15) is 57.6 Å². The fourth-order valence-electron chi connectivity index (χ4n) is 4.98. The van der Waals surface area contributed by atoms with Gasteiger partial charge in [-0.3, -0.25) is 14.3 Å². The van der Waals surface area contributed by atoms with E-state index in [9.17, 15) is 18.4 Å². The van der Waals surface area contributed by atoms with Crippen molar-refractivity contribution in [1.82, 2.24) is 19.6 Å². The number of hydrogen-bond acceptors (Lipinski definition) is 4. The number of benzene rings is 2. The molecule has 0 saturated heterocycles. The largest absolute Gasteiger partial charge is 0.435 e. The molecule has 3 aromatic rings. The summed E-state index contributed by atoms with van der Waals surface area (Å²) in [5.41, 5.74) is 3.25. The Kier molecular flexibility index (Phi) is 6.85. The predicted octanol–water partition coefficient (Wildman–Crippen LogP) is 5.60. The molecule has 2 aliphatic heterocycles. The summed E-state index contributed by atoms with van der Waals surface area (Å²) in [6.45, 7) is 2.16. The smallest absolute Gasteiger partial charge is 0.387 e. The van der Waals surface area contributed by atoms with E-state index in [1.165, 1.54) is 12.1 Å². The van der Waals surface area contributed by atoms with Crippen LogP contribution in [0.4, 0.5) is 8.78 Å². The van der Waals surface area contributed by atoms with Gasteiger partial charge in [-0.1, -0.05) is 35.3 Å². The molecule has 0 aliphatic carbocycles. The van der Waals surface area contributed by atoms with Crippen LogP contribution in [0.2, 0.25) is 10.0 Å². The summed E-state index contributed by atoms with van der Waals surface area (Å²) >= 11 is 12.1. The van der Waals surface area contributed by atoms with Crippen LogP contribution in [0.3, 0.4) is 0 Å². The SMILES string of the molecule is C[C@@H]1Cc2nn3c(c2CN1C(=O)c1ccc(Cl)c(Cl)c1)C(=O)N([C@@H](C)c1ccc(OC(F)F)cc1)CC3. The third-order valence-corrected chi connectivity index (χ3v) is 7.72. The average Bonchev–Trinajstić information content (AvgIpc) is 3.22. The number of carbonyl (C=O) groups is 2. The number of hydrogen-bond donors (Lipinski definition) is 0. The third-order valence-electron chi connectivity index (χ3n) is 6.98. The fraction of sp³-hybridized carbons (Fsp3) is 0.346. The summed E-state index contributed by atoms with van der Waals surface area (Å²) in [6, 6.07) is 10.6. The van der Waals surface area contributed by atoms with Crippen LogP contribution in [0.5, 0.6) is 5.75 Å². The lowest BCUT2D eigenvalue weighted by Crippen LogP contribution is -2.44. The van der Waals surface area contributed by atoms with Crippen LogP contribution in [0.25, 0.3) is 0 Å². The average molecular weight is 549 g/mol. The molecule has 11 heteroatoms. The zero-order valence-corrected chi connectivity index (χ0v) is 21.6. The van der Waals surface area contributed by atoms with Gasteiger partial charge in [0.25, 0.3) is 11.8 Å². The van der Waals surface area contributed by atoms with Gasteiger partial charge < -0.3 is 14.5 Å². The molecule has 2 aliphatic rings. The standard InChI is InChI=1S/C26H24Cl2F2N4O3/c1-14-11-22-19(13-33(14)24(35)17-5-8-20(27)21(28)12-17)23-25(36)32(9-10-34(23)31-22)15(2)16-3-6-18(7-4-16)37-26(29)30/h3-8,12,14-15,26H,9-11,13H2,1-2H3/t14-,15+/m1/s1. The number of rotatable bonds is 5. The van der Waals surface area contributed by atoms with Gasteiger partial charge in [-0.2, -0.15) is 13.9 Å². The van der Waals surface area contributed by atoms with Crippen molar-refractivity contribution in [3.8, 4) is 5.75 Å². The Morgan fingerprint density at radius 3 is 2.51 bits per heavy atom. The highest BCUT2D eigenvalue weighted by Crippen LogP contribution is 2.33. The molecule has 0 saturated carbocycles. The topological polar surface area (TPSA) is 67.7 Å². The number of nitrogens with zero attached hydrogens (tertiary/aromatic N) is 4. The Labute approximate surface area is 222 Å². The molecule has 0 fully saturated rings. The van der Waals surface area contributed by atoms with Crippen molar-refractivity contribution in [3.63, 3.8) is 0 Å². The number of aromatic nitrogens is 2. The van der Waals surface area contributed by atoms with E-state index in [-0.39, 0.29) is 36.2 Å². The first-order chi connectivity index (χ1) is 17.6. The third kappa shape index (κ3) is 4.78. The quantitative estimate of drug-likeness (QED) is 0.416. The van der Waals surface area contributed by atoms with E-state index in [0.717, 1.165) is 16.8 Å². The number of halogens is 4. The molecule has 3 heterocycles. The highest BCUT2D eigenvalue weighted by Gasteiger charge is 2.38. The van der Waals surface area contributed by atoms with Crippen LogP contribution in [0, 0.1) is 0 Å². The maximum Gasteiger partial charge on any atom is 0.387 e. The van der Waals surface area contributed by atoms with Crippen LogP contribution < -0.4 is 4.74 Å². The first-order valence-electron chi connectivity index (χ1n) is 11.8. The van der Waals surface area contributed by atoms with Crippen LogP contribution >= 0.6 is 23.2 Å². The van der Waals surface area contributed by atoms with Crippen LogP contribution in [-0.2, 0) is 19.5 Å². The molecule has 2 amide bonds. The van der Waals surface area contributed by atoms with Gasteiger partial charge in [0.05, 0.1) is 34.9 Å². The second kappa shape index (κ2) is 9.95. The summed E-state index contributed by atoms with van der Waals surface area (Å²) < 4.78 is 31.1. The Morgan fingerprint density at radius 2 is 1.84 bits per heavy atom. The zero-order valence-electron chi connectivity index (χ0n) is 20.1. The molecule has 0 bridgehead atoms. The number of ether oxygens (including phenoxy) is 1. The molecule has 0 unspecified atom stereocenters. The molecule has 0 N–H and O–H groups in total. The van der Waals surface area contributed by atoms with Gasteiger partial charge in [0.1, 0.15) is 11.4 Å². The molecule has 2 atom stereocenters. The summed E-state index contributed by atoms with van der Waals surface area (Å²) in [4.78, 5) is 30.5. The lowest BCUT2D eigenvalue weighted by molar-refractivity contribution is -0.0498. The molecule has 37 heavy (non-hydrogen) atoms. The summed E-state index contributed by atoms with van der Waals surface area (Å²) in [5.74, 6) is -0.322. The summed E-state index contributed by atoms with van der Waals surface area (Å²) in [6.07, 6.45) is 0.525. The summed E-state index contributed by atoms with van der Waals surface area (Å²) in [7, 11) is 0. The second-order valence-electron chi connectivity index (χ2n) is 9.23. The van der Waals surface area contributed by atoms with Crippen molar-refractivity contribution >= 4 is 35.0 Å². The molecule has 5 rings (SSSR count). The van der Waals surface area contributed by atoms with E-state index in [1.54, 1.807) is 44.8 Å². The van der Waals surface area contributed by atoms with Gasteiger partial charge >= 0.3 is 6.61 Å². The van der Waals surface area contributed by atoms with Gasteiger partial charge in [0.15, 0.2) is 0 Å². The minimum absolute atomic E-state index is 0.0592. The fourth-order valence-corrected chi connectivity index (χ4v) is 5.28. The molecule has 1 aromatic heterocycles. The molecule has 194 valence electrons. The van der Waals surface area contributed by atoms with Gasteiger partial charge in [-0.15, -0.1) is 0 Å². The van der Waals surface area contributed by atoms with E-state index in [0.29, 0.717) is 40.8 Å². The van der Waals surface area contributed by atoms with Crippen molar-refractivity contribution in [1.29, 1.82) is 0 Å². The van der Waals surface area contributed by atoms with E-state index in [2.05, 4.69) is 4.74 Å². The van der Waals surface area contributed by atoms with Crippen LogP contribution in [0.15, 0.2) is 42.5 Å². The van der Waals surface area contributed by atoms with Crippen molar-refractivity contribution in [2.45, 2.75) is 52.1 Å². The van der Waals surface area contributed by atoms with Gasteiger partial charge in [-0.05, 0) is 49.7 Å². The molecule has 0 spiro atoms. The Balaban J connectivity index is 1.39. The Bertz CT molecular complexity index is 1360. The minimum atomic E-state index is -2.90. The first-order valence-corrected chi connectivity index (χ1v) is 12.6.